The maximum Gasteiger partial charge on any atom is 0.525 e. The van der Waals surface area contributed by atoms with Crippen LogP contribution in [0.25, 0.3) is 0 Å². The molecular weight excluding hydrogens is 377 g/mol. The molecule has 0 radical (unpaired) electrons. The zero-order valence-electron chi connectivity index (χ0n) is 16.4. The first kappa shape index (κ1) is 21.0. The molecule has 0 aliphatic carbocycles. The molecule has 1 aromatic heterocycles. The normalized spacial score (nSPS) is 21.9. The maximum atomic E-state index is 14.9. The van der Waals surface area contributed by atoms with Crippen molar-refractivity contribution in [1.29, 1.82) is 0 Å². The highest BCUT2D eigenvalue weighted by molar-refractivity contribution is 6.53. The number of anilines is 1. The van der Waals surface area contributed by atoms with E-state index >= 15 is 0 Å². The Morgan fingerprint density at radius 2 is 1.68 bits per heavy atom. The third-order valence-electron chi connectivity index (χ3n) is 5.58. The van der Waals surface area contributed by atoms with E-state index in [1.807, 2.05) is 32.6 Å². The topological polar surface area (TPSA) is 47.5 Å². The van der Waals surface area contributed by atoms with Gasteiger partial charge in [0.1, 0.15) is 17.9 Å². The van der Waals surface area contributed by atoms with E-state index in [1.54, 1.807) is 0 Å². The minimum atomic E-state index is -4.32. The summed E-state index contributed by atoms with van der Waals surface area (Å²) in [6.45, 7) is 8.35. The summed E-state index contributed by atoms with van der Waals surface area (Å²) in [6.07, 6.45) is -3.44. The molecule has 3 rings (SSSR count). The van der Waals surface area contributed by atoms with Crippen molar-refractivity contribution < 1.29 is 26.9 Å². The second-order valence-corrected chi connectivity index (χ2v) is 8.19. The van der Waals surface area contributed by atoms with E-state index in [1.165, 1.54) is 6.07 Å². The Hall–Kier alpha value is -1.68. The molecule has 0 N–H and O–H groups in total. The van der Waals surface area contributed by atoms with Crippen LogP contribution in [-0.4, -0.2) is 47.6 Å². The fraction of sp³-hybridized carbons (Fsp3) is 0.667. The molecule has 2 saturated heterocycles. The molecule has 0 spiro atoms. The minimum Gasteiger partial charge on any atom is -0.398 e. The lowest BCUT2D eigenvalue weighted by molar-refractivity contribution is -0.127. The number of halogens is 4. The third kappa shape index (κ3) is 4.48. The van der Waals surface area contributed by atoms with Gasteiger partial charge in [-0.25, -0.2) is 14.4 Å². The summed E-state index contributed by atoms with van der Waals surface area (Å²) in [7, 11) is -1.02. The summed E-state index contributed by atoms with van der Waals surface area (Å²) < 4.78 is 64.1. The molecule has 5 nitrogen and oxygen atoms in total. The molecule has 154 valence electrons. The Balaban J connectivity index is 1.66. The van der Waals surface area contributed by atoms with Gasteiger partial charge in [0.2, 0.25) is 0 Å². The third-order valence-corrected chi connectivity index (χ3v) is 5.58. The zero-order valence-corrected chi connectivity index (χ0v) is 16.4. The van der Waals surface area contributed by atoms with Gasteiger partial charge in [-0.1, -0.05) is 0 Å². The molecule has 2 aliphatic heterocycles. The van der Waals surface area contributed by atoms with Crippen molar-refractivity contribution in [2.24, 2.45) is 0 Å². The Morgan fingerprint density at radius 1 is 1.11 bits per heavy atom. The quantitative estimate of drug-likeness (QED) is 0.565. The molecule has 0 saturated carbocycles. The monoisotopic (exact) mass is 401 g/mol. The van der Waals surface area contributed by atoms with Gasteiger partial charge in [-0.15, -0.1) is 0 Å². The number of rotatable bonds is 3. The van der Waals surface area contributed by atoms with Crippen LogP contribution in [0.2, 0.25) is 0 Å². The van der Waals surface area contributed by atoms with Gasteiger partial charge < -0.3 is 14.2 Å². The van der Waals surface area contributed by atoms with E-state index in [0.717, 1.165) is 6.33 Å². The number of aromatic nitrogens is 2. The number of hydrogen-bond acceptors (Lipinski definition) is 5. The zero-order chi connectivity index (χ0) is 20.7. The van der Waals surface area contributed by atoms with Crippen molar-refractivity contribution in [2.45, 2.75) is 64.3 Å². The van der Waals surface area contributed by atoms with E-state index in [0.29, 0.717) is 37.3 Å². The average Bonchev–Trinajstić information content (AvgIpc) is 2.81. The smallest absolute Gasteiger partial charge is 0.398 e. The fourth-order valence-corrected chi connectivity index (χ4v) is 3.22. The Morgan fingerprint density at radius 3 is 2.21 bits per heavy atom. The van der Waals surface area contributed by atoms with E-state index in [2.05, 4.69) is 9.97 Å². The first-order valence-electron chi connectivity index (χ1n) is 9.24. The lowest BCUT2D eigenvalue weighted by atomic mass is 9.82. The summed E-state index contributed by atoms with van der Waals surface area (Å²) in [6, 6.07) is 1.34. The summed E-state index contributed by atoms with van der Waals surface area (Å²) in [5.41, 5.74) is -1.11. The molecule has 0 bridgehead atoms. The molecule has 0 unspecified atom stereocenters. The standard InChI is InChI=1S/C18H24BF4N3O2/c1-16(2)17(3,4)28-19(27-16)15(20)12-5-7-26(8-6-12)14-9-13(24-11-25-14)10-18(21,22)23/h9,11H,5-8,10H2,1-4H3. The maximum absolute atomic E-state index is 14.9. The highest BCUT2D eigenvalue weighted by atomic mass is 19.4. The molecule has 0 aromatic carbocycles. The molecular formula is C18H24BF4N3O2. The predicted octanol–water partition coefficient (Wildman–Crippen LogP) is 4.04. The minimum absolute atomic E-state index is 0.0813. The average molecular weight is 401 g/mol. The summed E-state index contributed by atoms with van der Waals surface area (Å²) >= 11 is 0. The first-order valence-corrected chi connectivity index (χ1v) is 9.24. The second kappa shape index (κ2) is 7.29. The predicted molar refractivity (Wildman–Crippen MR) is 97.5 cm³/mol. The lowest BCUT2D eigenvalue weighted by Gasteiger charge is -2.32. The Kier molecular flexibility index (Phi) is 5.48. The first-order chi connectivity index (χ1) is 12.9. The number of nitrogens with zero attached hydrogens (tertiary/aromatic N) is 3. The van der Waals surface area contributed by atoms with Crippen molar-refractivity contribution >= 4 is 12.9 Å². The molecule has 28 heavy (non-hydrogen) atoms. The molecule has 10 heteroatoms. The van der Waals surface area contributed by atoms with Crippen LogP contribution in [-0.2, 0) is 15.7 Å². The van der Waals surface area contributed by atoms with Gasteiger partial charge in [0.05, 0.1) is 23.3 Å². The molecule has 0 atom stereocenters. The van der Waals surface area contributed by atoms with Crippen LogP contribution in [0.4, 0.5) is 23.4 Å². The van der Waals surface area contributed by atoms with Crippen molar-refractivity contribution in [3.05, 3.63) is 29.4 Å². The van der Waals surface area contributed by atoms with Gasteiger partial charge in [0, 0.05) is 19.2 Å². The molecule has 2 fully saturated rings. The van der Waals surface area contributed by atoms with Crippen LogP contribution < -0.4 is 4.90 Å². The van der Waals surface area contributed by atoms with Gasteiger partial charge in [0.15, 0.2) is 0 Å². The Bertz CT molecular complexity index is 741. The second-order valence-electron chi connectivity index (χ2n) is 8.19. The van der Waals surface area contributed by atoms with Crippen LogP contribution in [0.1, 0.15) is 46.2 Å². The van der Waals surface area contributed by atoms with Crippen molar-refractivity contribution in [2.75, 3.05) is 18.0 Å². The number of piperidine rings is 1. The number of hydrogen-bond donors (Lipinski definition) is 0. The van der Waals surface area contributed by atoms with Crippen LogP contribution in [0, 0.1) is 0 Å². The van der Waals surface area contributed by atoms with Gasteiger partial charge in [0.25, 0.3) is 0 Å². The molecule has 2 aliphatic rings. The Labute approximate surface area is 162 Å². The van der Waals surface area contributed by atoms with Crippen LogP contribution in [0.5, 0.6) is 0 Å². The van der Waals surface area contributed by atoms with Crippen molar-refractivity contribution in [1.82, 2.24) is 9.97 Å². The molecule has 3 heterocycles. The van der Waals surface area contributed by atoms with E-state index in [9.17, 15) is 17.6 Å². The van der Waals surface area contributed by atoms with Gasteiger partial charge >= 0.3 is 13.3 Å². The lowest BCUT2D eigenvalue weighted by Crippen LogP contribution is -2.41. The highest BCUT2D eigenvalue weighted by Gasteiger charge is 2.53. The summed E-state index contributed by atoms with van der Waals surface area (Å²) in [5.74, 6) is 0.421. The van der Waals surface area contributed by atoms with Crippen LogP contribution in [0.15, 0.2) is 23.7 Å². The molecule has 0 amide bonds. The van der Waals surface area contributed by atoms with E-state index in [4.69, 9.17) is 9.31 Å². The largest absolute Gasteiger partial charge is 0.525 e. The summed E-state index contributed by atoms with van der Waals surface area (Å²) in [4.78, 5) is 9.58. The SMILES string of the molecule is CC1(C)OB(C(F)=C2CCN(c3cc(CC(F)(F)F)ncn3)CC2)OC1(C)C. The van der Waals surface area contributed by atoms with E-state index in [-0.39, 0.29) is 5.69 Å². The van der Waals surface area contributed by atoms with Crippen LogP contribution >= 0.6 is 0 Å². The van der Waals surface area contributed by atoms with Crippen LogP contribution in [0.3, 0.4) is 0 Å². The van der Waals surface area contributed by atoms with Crippen molar-refractivity contribution in [3.63, 3.8) is 0 Å². The van der Waals surface area contributed by atoms with Gasteiger partial charge in [-0.05, 0) is 46.1 Å². The van der Waals surface area contributed by atoms with Gasteiger partial charge in [-0.3, -0.25) is 0 Å². The molecule has 1 aromatic rings. The highest BCUT2D eigenvalue weighted by Crippen LogP contribution is 2.40. The fourth-order valence-electron chi connectivity index (χ4n) is 3.22. The van der Waals surface area contributed by atoms with Gasteiger partial charge in [-0.2, -0.15) is 13.2 Å². The summed E-state index contributed by atoms with van der Waals surface area (Å²) in [5, 5.41) is 0. The van der Waals surface area contributed by atoms with Crippen molar-refractivity contribution in [3.8, 4) is 0 Å². The number of alkyl halides is 3. The van der Waals surface area contributed by atoms with E-state index < -0.39 is 36.6 Å².